The van der Waals surface area contributed by atoms with Crippen molar-refractivity contribution in [1.29, 1.82) is 0 Å². The van der Waals surface area contributed by atoms with Crippen LogP contribution in [0.2, 0.25) is 0 Å². The molecule has 10 heavy (non-hydrogen) atoms. The average Bonchev–Trinajstić information content (AvgIpc) is 2.34. The second-order valence-electron chi connectivity index (χ2n) is 2.10. The van der Waals surface area contributed by atoms with Crippen LogP contribution in [-0.4, -0.2) is 23.6 Å². The molecule has 1 atom stereocenters. The zero-order valence-electron chi connectivity index (χ0n) is 5.87. The minimum Gasteiger partial charge on any atom is -0.464 e. The molecule has 0 saturated carbocycles. The topological polar surface area (TPSA) is 26.3 Å². The molecule has 3 heteroatoms. The monoisotopic (exact) mass is 158 g/mol. The maximum absolute atomic E-state index is 10.3. The number of esters is 1. The van der Waals surface area contributed by atoms with Crippen molar-refractivity contribution in [1.82, 2.24) is 0 Å². The Bertz CT molecular complexity index is 154. The lowest BCUT2D eigenvalue weighted by atomic mass is 10.4. The molecule has 56 valence electrons. The van der Waals surface area contributed by atoms with Gasteiger partial charge in [0.1, 0.15) is 6.61 Å². The summed E-state index contributed by atoms with van der Waals surface area (Å²) < 4.78 is 4.81. The lowest BCUT2D eigenvalue weighted by Crippen LogP contribution is -2.10. The molecule has 0 N–H and O–H groups in total. The summed E-state index contributed by atoms with van der Waals surface area (Å²) in [6, 6.07) is 0. The van der Waals surface area contributed by atoms with Crippen molar-refractivity contribution in [2.75, 3.05) is 12.4 Å². The molecule has 0 saturated heterocycles. The van der Waals surface area contributed by atoms with Gasteiger partial charge >= 0.3 is 5.97 Å². The summed E-state index contributed by atoms with van der Waals surface area (Å²) in [5.74, 6) is 0.854. The summed E-state index contributed by atoms with van der Waals surface area (Å²) in [4.78, 5) is 10.3. The normalized spacial score (nSPS) is 23.1. The standard InChI is InChI=1S/C7H10O2S/c1-6(8)9-5-7-3-2-4-10-7/h2-3,7H,4-5H2,1H3/t7-/m1/s1. The minimum atomic E-state index is -0.194. The molecule has 0 aromatic carbocycles. The molecule has 0 spiro atoms. The molecule has 0 radical (unpaired) electrons. The molecule has 0 aliphatic carbocycles. The second-order valence-corrected chi connectivity index (χ2v) is 3.37. The first kappa shape index (κ1) is 7.66. The van der Waals surface area contributed by atoms with Gasteiger partial charge in [0.25, 0.3) is 0 Å². The number of carbonyl (C=O) groups is 1. The highest BCUT2D eigenvalue weighted by molar-refractivity contribution is 8.00. The Morgan fingerprint density at radius 2 is 2.70 bits per heavy atom. The molecule has 0 amide bonds. The van der Waals surface area contributed by atoms with Gasteiger partial charge in [-0.25, -0.2) is 0 Å². The predicted molar refractivity (Wildman–Crippen MR) is 42.0 cm³/mol. The molecule has 1 rings (SSSR count). The van der Waals surface area contributed by atoms with E-state index in [4.69, 9.17) is 4.74 Å². The van der Waals surface area contributed by atoms with Crippen molar-refractivity contribution in [3.63, 3.8) is 0 Å². The highest BCUT2D eigenvalue weighted by Crippen LogP contribution is 2.19. The number of rotatable bonds is 2. The largest absolute Gasteiger partial charge is 0.464 e. The molecule has 2 nitrogen and oxygen atoms in total. The van der Waals surface area contributed by atoms with Crippen molar-refractivity contribution in [2.24, 2.45) is 0 Å². The first-order valence-corrected chi connectivity index (χ1v) is 4.25. The lowest BCUT2D eigenvalue weighted by Gasteiger charge is -2.05. The van der Waals surface area contributed by atoms with Gasteiger partial charge in [-0.2, -0.15) is 0 Å². The van der Waals surface area contributed by atoms with Crippen LogP contribution >= 0.6 is 11.8 Å². The maximum Gasteiger partial charge on any atom is 0.302 e. The molecule has 0 aromatic rings. The van der Waals surface area contributed by atoms with Crippen LogP contribution in [0.4, 0.5) is 0 Å². The van der Waals surface area contributed by atoms with Gasteiger partial charge in [0, 0.05) is 12.7 Å². The first-order valence-electron chi connectivity index (χ1n) is 3.20. The van der Waals surface area contributed by atoms with E-state index in [9.17, 15) is 4.79 Å². The van der Waals surface area contributed by atoms with E-state index in [1.54, 1.807) is 11.8 Å². The summed E-state index contributed by atoms with van der Waals surface area (Å²) in [6.07, 6.45) is 4.17. The lowest BCUT2D eigenvalue weighted by molar-refractivity contribution is -0.140. The Labute approximate surface area is 64.6 Å². The van der Waals surface area contributed by atoms with Gasteiger partial charge in [0.05, 0.1) is 5.25 Å². The number of carbonyl (C=O) groups excluding carboxylic acids is 1. The smallest absolute Gasteiger partial charge is 0.302 e. The van der Waals surface area contributed by atoms with Gasteiger partial charge in [-0.05, 0) is 0 Å². The summed E-state index contributed by atoms with van der Waals surface area (Å²) in [5, 5.41) is 0.392. The molecular formula is C7H10O2S. The van der Waals surface area contributed by atoms with Gasteiger partial charge in [-0.1, -0.05) is 12.2 Å². The summed E-state index contributed by atoms with van der Waals surface area (Å²) >= 11 is 1.80. The van der Waals surface area contributed by atoms with Crippen molar-refractivity contribution in [3.05, 3.63) is 12.2 Å². The SMILES string of the molecule is CC(=O)OC[C@H]1C=CCS1. The Hall–Kier alpha value is -0.440. The number of ether oxygens (including phenoxy) is 1. The minimum absolute atomic E-state index is 0.194. The van der Waals surface area contributed by atoms with Crippen LogP contribution in [-0.2, 0) is 9.53 Å². The fourth-order valence-corrected chi connectivity index (χ4v) is 1.60. The summed E-state index contributed by atoms with van der Waals surface area (Å²) in [7, 11) is 0. The van der Waals surface area contributed by atoms with E-state index in [0.717, 1.165) is 5.75 Å². The second kappa shape index (κ2) is 3.66. The molecule has 0 aromatic heterocycles. The Balaban J connectivity index is 2.13. The Morgan fingerprint density at radius 1 is 1.90 bits per heavy atom. The molecule has 0 fully saturated rings. The summed E-state index contributed by atoms with van der Waals surface area (Å²) in [5.41, 5.74) is 0. The maximum atomic E-state index is 10.3. The van der Waals surface area contributed by atoms with Gasteiger partial charge < -0.3 is 4.74 Å². The van der Waals surface area contributed by atoms with E-state index < -0.39 is 0 Å². The Morgan fingerprint density at radius 3 is 3.20 bits per heavy atom. The van der Waals surface area contributed by atoms with Crippen molar-refractivity contribution < 1.29 is 9.53 Å². The average molecular weight is 158 g/mol. The predicted octanol–water partition coefficient (Wildman–Crippen LogP) is 1.22. The third-order valence-electron chi connectivity index (χ3n) is 1.21. The van der Waals surface area contributed by atoms with Crippen LogP contribution < -0.4 is 0 Å². The van der Waals surface area contributed by atoms with E-state index in [0.29, 0.717) is 11.9 Å². The molecule has 1 aliphatic heterocycles. The molecule has 1 heterocycles. The van der Waals surface area contributed by atoms with Crippen LogP contribution in [0.25, 0.3) is 0 Å². The van der Waals surface area contributed by atoms with Crippen molar-refractivity contribution >= 4 is 17.7 Å². The highest BCUT2D eigenvalue weighted by atomic mass is 32.2. The van der Waals surface area contributed by atoms with Crippen molar-refractivity contribution in [3.8, 4) is 0 Å². The zero-order chi connectivity index (χ0) is 7.40. The van der Waals surface area contributed by atoms with Gasteiger partial charge in [0.15, 0.2) is 0 Å². The number of hydrogen-bond acceptors (Lipinski definition) is 3. The van der Waals surface area contributed by atoms with E-state index in [1.165, 1.54) is 6.92 Å². The van der Waals surface area contributed by atoms with Crippen LogP contribution in [0.3, 0.4) is 0 Å². The van der Waals surface area contributed by atoms with E-state index in [-0.39, 0.29) is 5.97 Å². The summed E-state index contributed by atoms with van der Waals surface area (Å²) in [6.45, 7) is 1.96. The van der Waals surface area contributed by atoms with Gasteiger partial charge in [-0.3, -0.25) is 4.79 Å². The molecule has 1 aliphatic rings. The van der Waals surface area contributed by atoms with Crippen molar-refractivity contribution in [2.45, 2.75) is 12.2 Å². The quantitative estimate of drug-likeness (QED) is 0.446. The number of thioether (sulfide) groups is 1. The highest BCUT2D eigenvalue weighted by Gasteiger charge is 2.10. The van der Waals surface area contributed by atoms with Crippen LogP contribution in [0.15, 0.2) is 12.2 Å². The zero-order valence-corrected chi connectivity index (χ0v) is 6.69. The van der Waals surface area contributed by atoms with E-state index in [2.05, 4.69) is 12.2 Å². The first-order chi connectivity index (χ1) is 4.79. The van der Waals surface area contributed by atoms with Crippen LogP contribution in [0, 0.1) is 0 Å². The molecule has 0 bridgehead atoms. The molecule has 0 unspecified atom stereocenters. The van der Waals surface area contributed by atoms with E-state index in [1.807, 2.05) is 0 Å². The third-order valence-corrected chi connectivity index (χ3v) is 2.31. The number of hydrogen-bond donors (Lipinski definition) is 0. The Kier molecular flexibility index (Phi) is 2.81. The third kappa shape index (κ3) is 2.43. The van der Waals surface area contributed by atoms with Gasteiger partial charge in [-0.15, -0.1) is 11.8 Å². The van der Waals surface area contributed by atoms with Crippen LogP contribution in [0.1, 0.15) is 6.92 Å². The van der Waals surface area contributed by atoms with Gasteiger partial charge in [0.2, 0.25) is 0 Å². The molecular weight excluding hydrogens is 148 g/mol. The fourth-order valence-electron chi connectivity index (χ4n) is 0.745. The van der Waals surface area contributed by atoms with Crippen LogP contribution in [0.5, 0.6) is 0 Å². The van der Waals surface area contributed by atoms with E-state index >= 15 is 0 Å². The fraction of sp³-hybridized carbons (Fsp3) is 0.571.